The van der Waals surface area contributed by atoms with Crippen LogP contribution in [0, 0.1) is 0 Å². The smallest absolute Gasteiger partial charge is 0.382 e. The quantitative estimate of drug-likeness (QED) is 0.288. The first kappa shape index (κ1) is 10.2. The van der Waals surface area contributed by atoms with Crippen molar-refractivity contribution in [1.82, 2.24) is 0 Å². The summed E-state index contributed by atoms with van der Waals surface area (Å²) in [7, 11) is -5.69. The lowest BCUT2D eigenvalue weighted by Crippen LogP contribution is -2.23. The largest absolute Gasteiger partial charge is 0.534 e. The van der Waals surface area contributed by atoms with E-state index in [4.69, 9.17) is 0 Å². The standard InChI is InChI=1S/C3H2F4O3S/c4-1-2-10-11(8,9)3(5,6)7/h1-2H. The fourth-order valence-corrected chi connectivity index (χ4v) is 0.446. The van der Waals surface area contributed by atoms with E-state index in [-0.39, 0.29) is 6.26 Å². The van der Waals surface area contributed by atoms with E-state index in [1.165, 1.54) is 0 Å². The Balaban J connectivity index is 4.50. The van der Waals surface area contributed by atoms with Gasteiger partial charge >= 0.3 is 15.6 Å². The molecule has 0 aromatic rings. The first-order valence-electron chi connectivity index (χ1n) is 2.06. The van der Waals surface area contributed by atoms with Crippen LogP contribution in [0.4, 0.5) is 17.6 Å². The van der Waals surface area contributed by atoms with Crippen LogP contribution >= 0.6 is 0 Å². The number of rotatable bonds is 2. The molecule has 8 heteroatoms. The number of halogens is 4. The molecule has 3 nitrogen and oxygen atoms in total. The highest BCUT2D eigenvalue weighted by Gasteiger charge is 2.47. The zero-order valence-corrected chi connectivity index (χ0v) is 5.62. The van der Waals surface area contributed by atoms with Crippen LogP contribution in [0.15, 0.2) is 12.6 Å². The van der Waals surface area contributed by atoms with Gasteiger partial charge in [-0.1, -0.05) is 0 Å². The Kier molecular flexibility index (Phi) is 2.85. The van der Waals surface area contributed by atoms with Crippen LogP contribution in [0.2, 0.25) is 0 Å². The summed E-state index contributed by atoms with van der Waals surface area (Å²) in [4.78, 5) is 0. The van der Waals surface area contributed by atoms with Crippen LogP contribution in [0.1, 0.15) is 0 Å². The van der Waals surface area contributed by atoms with Crippen molar-refractivity contribution in [2.45, 2.75) is 5.51 Å². The molecular weight excluding hydrogens is 192 g/mol. The number of hydrogen-bond donors (Lipinski definition) is 0. The molecule has 0 unspecified atom stereocenters. The molecule has 0 atom stereocenters. The molecule has 0 rings (SSSR count). The molecule has 0 aliphatic carbocycles. The summed E-state index contributed by atoms with van der Waals surface area (Å²) < 4.78 is 67.6. The molecule has 0 bridgehead atoms. The van der Waals surface area contributed by atoms with Crippen LogP contribution in [0.5, 0.6) is 0 Å². The summed E-state index contributed by atoms with van der Waals surface area (Å²) in [5, 5.41) is 0. The first-order valence-corrected chi connectivity index (χ1v) is 3.47. The highest BCUT2D eigenvalue weighted by molar-refractivity contribution is 7.87. The van der Waals surface area contributed by atoms with Gasteiger partial charge in [0.2, 0.25) is 0 Å². The van der Waals surface area contributed by atoms with Gasteiger partial charge in [0.15, 0.2) is 0 Å². The fraction of sp³-hybridized carbons (Fsp3) is 0.333. The van der Waals surface area contributed by atoms with E-state index in [1.807, 2.05) is 0 Å². The maximum Gasteiger partial charge on any atom is 0.534 e. The van der Waals surface area contributed by atoms with Gasteiger partial charge in [0.05, 0.1) is 0 Å². The summed E-state index contributed by atoms with van der Waals surface area (Å²) in [6.45, 7) is 0. The van der Waals surface area contributed by atoms with Crippen LogP contribution in [0.25, 0.3) is 0 Å². The van der Waals surface area contributed by atoms with Gasteiger partial charge in [-0.15, -0.1) is 0 Å². The van der Waals surface area contributed by atoms with E-state index < -0.39 is 22.0 Å². The third-order valence-electron chi connectivity index (χ3n) is 0.517. The molecule has 66 valence electrons. The van der Waals surface area contributed by atoms with Gasteiger partial charge in [-0.3, -0.25) is 0 Å². The molecule has 0 aliphatic heterocycles. The number of hydrogen-bond acceptors (Lipinski definition) is 3. The van der Waals surface area contributed by atoms with Crippen molar-refractivity contribution in [3.63, 3.8) is 0 Å². The molecule has 0 amide bonds. The minimum atomic E-state index is -5.69. The predicted octanol–water partition coefficient (Wildman–Crippen LogP) is 1.29. The van der Waals surface area contributed by atoms with E-state index >= 15 is 0 Å². The van der Waals surface area contributed by atoms with Crippen molar-refractivity contribution in [3.05, 3.63) is 12.6 Å². The average molecular weight is 194 g/mol. The van der Waals surface area contributed by atoms with Crippen LogP contribution in [-0.4, -0.2) is 13.9 Å². The van der Waals surface area contributed by atoms with E-state index in [0.29, 0.717) is 0 Å². The molecule has 11 heavy (non-hydrogen) atoms. The molecule has 0 heterocycles. The molecule has 0 saturated carbocycles. The second-order valence-electron chi connectivity index (χ2n) is 1.26. The number of alkyl halides is 3. The van der Waals surface area contributed by atoms with Crippen molar-refractivity contribution in [2.24, 2.45) is 0 Å². The Morgan fingerprint density at radius 1 is 1.27 bits per heavy atom. The third-order valence-corrected chi connectivity index (χ3v) is 1.45. The maximum absolute atomic E-state index is 11.3. The van der Waals surface area contributed by atoms with Crippen molar-refractivity contribution in [1.29, 1.82) is 0 Å². The normalized spacial score (nSPS) is 13.8. The van der Waals surface area contributed by atoms with Gasteiger partial charge in [0.25, 0.3) is 0 Å². The van der Waals surface area contributed by atoms with E-state index in [2.05, 4.69) is 4.18 Å². The summed E-state index contributed by atoms with van der Waals surface area (Å²) in [5.74, 6) is 0. The molecule has 0 aliphatic rings. The first-order chi connectivity index (χ1) is 4.81. The Bertz CT molecular complexity index is 238. The van der Waals surface area contributed by atoms with Crippen LogP contribution in [-0.2, 0) is 14.3 Å². The van der Waals surface area contributed by atoms with E-state index in [0.717, 1.165) is 0 Å². The maximum atomic E-state index is 11.3. The van der Waals surface area contributed by atoms with Crippen molar-refractivity contribution in [2.75, 3.05) is 0 Å². The Morgan fingerprint density at radius 2 is 1.73 bits per heavy atom. The summed E-state index contributed by atoms with van der Waals surface area (Å²) in [6.07, 6.45) is -0.688. The van der Waals surface area contributed by atoms with Gasteiger partial charge in [0, 0.05) is 0 Å². The lowest BCUT2D eigenvalue weighted by atomic mass is 11.1. The summed E-state index contributed by atoms with van der Waals surface area (Å²) >= 11 is 0. The van der Waals surface area contributed by atoms with E-state index in [9.17, 15) is 26.0 Å². The SMILES string of the molecule is O=S(=O)(OC=CF)C(F)(F)F. The Labute approximate surface area is 59.4 Å². The summed E-state index contributed by atoms with van der Waals surface area (Å²) in [6, 6.07) is 0. The molecule has 0 aromatic carbocycles. The lowest BCUT2D eigenvalue weighted by Gasteiger charge is -2.04. The molecule has 0 spiro atoms. The molecule has 0 N–H and O–H groups in total. The monoisotopic (exact) mass is 194 g/mol. The zero-order valence-electron chi connectivity index (χ0n) is 4.80. The van der Waals surface area contributed by atoms with Crippen molar-refractivity contribution >= 4 is 10.1 Å². The topological polar surface area (TPSA) is 43.4 Å². The Hall–Kier alpha value is -0.790. The lowest BCUT2D eigenvalue weighted by molar-refractivity contribution is -0.0515. The second-order valence-corrected chi connectivity index (χ2v) is 2.82. The highest BCUT2D eigenvalue weighted by Crippen LogP contribution is 2.24. The van der Waals surface area contributed by atoms with Gasteiger partial charge in [-0.2, -0.15) is 21.6 Å². The van der Waals surface area contributed by atoms with Gasteiger partial charge < -0.3 is 4.18 Å². The molecule has 0 radical (unpaired) electrons. The van der Waals surface area contributed by atoms with Crippen LogP contribution < -0.4 is 0 Å². The minimum absolute atomic E-state index is 0.219. The molecular formula is C3H2F4O3S. The second kappa shape index (κ2) is 3.07. The fourth-order valence-electron chi connectivity index (χ4n) is 0.149. The summed E-state index contributed by atoms with van der Waals surface area (Å²) in [5.41, 5.74) is -5.52. The van der Waals surface area contributed by atoms with Crippen LogP contribution in [0.3, 0.4) is 0 Å². The zero-order chi connectivity index (χ0) is 9.12. The molecule has 0 aromatic heterocycles. The van der Waals surface area contributed by atoms with Crippen molar-refractivity contribution < 1.29 is 30.2 Å². The van der Waals surface area contributed by atoms with Gasteiger partial charge in [0.1, 0.15) is 12.6 Å². The predicted molar refractivity (Wildman–Crippen MR) is 26.3 cm³/mol. The van der Waals surface area contributed by atoms with Gasteiger partial charge in [-0.25, -0.2) is 4.39 Å². The van der Waals surface area contributed by atoms with E-state index in [1.54, 1.807) is 0 Å². The third kappa shape index (κ3) is 2.74. The Morgan fingerprint density at radius 3 is 2.00 bits per heavy atom. The average Bonchev–Trinajstić information content (AvgIpc) is 1.81. The van der Waals surface area contributed by atoms with Crippen molar-refractivity contribution in [3.8, 4) is 0 Å². The van der Waals surface area contributed by atoms with Gasteiger partial charge in [-0.05, 0) is 0 Å². The minimum Gasteiger partial charge on any atom is -0.382 e. The molecule has 0 fully saturated rings. The highest BCUT2D eigenvalue weighted by atomic mass is 32.2. The molecule has 0 saturated heterocycles.